The fourth-order valence-electron chi connectivity index (χ4n) is 1.77. The predicted molar refractivity (Wildman–Crippen MR) is 74.6 cm³/mol. The van der Waals surface area contributed by atoms with Gasteiger partial charge in [-0.05, 0) is 36.4 Å². The zero-order chi connectivity index (χ0) is 14.5. The average Bonchev–Trinajstić information content (AvgIpc) is 2.53. The zero-order valence-corrected chi connectivity index (χ0v) is 11.3. The Kier molecular flexibility index (Phi) is 4.15. The number of ether oxygens (including phenoxy) is 2. The molecule has 4 heteroatoms. The van der Waals surface area contributed by atoms with Crippen molar-refractivity contribution >= 4 is 11.6 Å². The summed E-state index contributed by atoms with van der Waals surface area (Å²) in [7, 11) is 3.05. The van der Waals surface area contributed by atoms with Crippen LogP contribution in [0.15, 0.2) is 48.5 Å². The topological polar surface area (TPSA) is 52.6 Å². The van der Waals surface area contributed by atoms with Crippen LogP contribution in [0.1, 0.15) is 20.7 Å². The first-order valence-electron chi connectivity index (χ1n) is 6.03. The fourth-order valence-corrected chi connectivity index (χ4v) is 1.77. The predicted octanol–water partition coefficient (Wildman–Crippen LogP) is 2.77. The minimum absolute atomic E-state index is 0.310. The first kappa shape index (κ1) is 13.8. The SMILES string of the molecule is COc1ccc(C(=O)C(=O)c2cccc(OC)c2)cc1. The highest BCUT2D eigenvalue weighted by molar-refractivity contribution is 6.49. The fraction of sp³-hybridized carbons (Fsp3) is 0.125. The standard InChI is InChI=1S/C16H14O4/c1-19-13-8-6-11(7-9-13)15(17)16(18)12-4-3-5-14(10-12)20-2/h3-10H,1-2H3. The molecule has 0 aliphatic carbocycles. The van der Waals surface area contributed by atoms with Crippen LogP contribution >= 0.6 is 0 Å². The van der Waals surface area contributed by atoms with Gasteiger partial charge in [0, 0.05) is 11.1 Å². The van der Waals surface area contributed by atoms with Gasteiger partial charge < -0.3 is 9.47 Å². The lowest BCUT2D eigenvalue weighted by atomic mass is 10.0. The van der Waals surface area contributed by atoms with Crippen molar-refractivity contribution in [1.29, 1.82) is 0 Å². The van der Waals surface area contributed by atoms with Crippen molar-refractivity contribution in [1.82, 2.24) is 0 Å². The van der Waals surface area contributed by atoms with Crippen LogP contribution in [-0.4, -0.2) is 25.8 Å². The maximum absolute atomic E-state index is 12.1. The highest BCUT2D eigenvalue weighted by atomic mass is 16.5. The van der Waals surface area contributed by atoms with Gasteiger partial charge in [-0.25, -0.2) is 0 Å². The van der Waals surface area contributed by atoms with Crippen LogP contribution in [-0.2, 0) is 0 Å². The molecule has 0 saturated carbocycles. The maximum atomic E-state index is 12.1. The number of hydrogen-bond donors (Lipinski definition) is 0. The molecule has 0 bridgehead atoms. The van der Waals surface area contributed by atoms with Gasteiger partial charge in [0.05, 0.1) is 14.2 Å². The number of ketones is 2. The molecule has 102 valence electrons. The molecule has 2 rings (SSSR count). The Hall–Kier alpha value is -2.62. The minimum Gasteiger partial charge on any atom is -0.497 e. The Morgan fingerprint density at radius 3 is 1.95 bits per heavy atom. The van der Waals surface area contributed by atoms with Gasteiger partial charge in [0.2, 0.25) is 11.6 Å². The molecule has 0 spiro atoms. The summed E-state index contributed by atoms with van der Waals surface area (Å²) in [5.41, 5.74) is 0.642. The summed E-state index contributed by atoms with van der Waals surface area (Å²) in [6.45, 7) is 0. The summed E-state index contributed by atoms with van der Waals surface area (Å²) in [6.07, 6.45) is 0. The third kappa shape index (κ3) is 2.85. The third-order valence-electron chi connectivity index (χ3n) is 2.89. The van der Waals surface area contributed by atoms with E-state index in [-0.39, 0.29) is 0 Å². The Balaban J connectivity index is 2.24. The monoisotopic (exact) mass is 270 g/mol. The smallest absolute Gasteiger partial charge is 0.233 e. The lowest BCUT2D eigenvalue weighted by molar-refractivity contribution is 0.0817. The number of carbonyl (C=O) groups excluding carboxylic acids is 2. The molecular weight excluding hydrogens is 256 g/mol. The van der Waals surface area contributed by atoms with Crippen LogP contribution in [0.4, 0.5) is 0 Å². The summed E-state index contributed by atoms with van der Waals surface area (Å²) < 4.78 is 10.1. The molecule has 0 radical (unpaired) electrons. The van der Waals surface area contributed by atoms with E-state index >= 15 is 0 Å². The molecule has 2 aromatic rings. The molecule has 0 aliphatic rings. The van der Waals surface area contributed by atoms with Crippen LogP contribution in [0, 0.1) is 0 Å². The summed E-state index contributed by atoms with van der Waals surface area (Å²) in [5.74, 6) is 0.0590. The number of hydrogen-bond acceptors (Lipinski definition) is 4. The molecule has 0 aliphatic heterocycles. The Bertz CT molecular complexity index is 629. The average molecular weight is 270 g/mol. The first-order chi connectivity index (χ1) is 9.65. The van der Waals surface area contributed by atoms with Gasteiger partial charge in [0.25, 0.3) is 0 Å². The van der Waals surface area contributed by atoms with Crippen LogP contribution in [0.5, 0.6) is 11.5 Å². The van der Waals surface area contributed by atoms with E-state index in [0.29, 0.717) is 22.6 Å². The molecule has 0 saturated heterocycles. The third-order valence-corrected chi connectivity index (χ3v) is 2.89. The Morgan fingerprint density at radius 1 is 0.750 bits per heavy atom. The van der Waals surface area contributed by atoms with E-state index in [2.05, 4.69) is 0 Å². The quantitative estimate of drug-likeness (QED) is 0.619. The van der Waals surface area contributed by atoms with E-state index in [1.54, 1.807) is 48.5 Å². The van der Waals surface area contributed by atoms with E-state index in [4.69, 9.17) is 9.47 Å². The number of rotatable bonds is 5. The van der Waals surface area contributed by atoms with E-state index in [9.17, 15) is 9.59 Å². The molecule has 0 N–H and O–H groups in total. The van der Waals surface area contributed by atoms with Gasteiger partial charge in [0.1, 0.15) is 11.5 Å². The molecule has 4 nitrogen and oxygen atoms in total. The molecule has 20 heavy (non-hydrogen) atoms. The van der Waals surface area contributed by atoms with Gasteiger partial charge in [-0.15, -0.1) is 0 Å². The normalized spacial score (nSPS) is 9.90. The number of Topliss-reactive ketones (excluding diaryl/α,β-unsaturated/α-hetero) is 2. The summed E-state index contributed by atoms with van der Waals surface area (Å²) in [4.78, 5) is 24.2. The maximum Gasteiger partial charge on any atom is 0.233 e. The van der Waals surface area contributed by atoms with Crippen LogP contribution in [0.3, 0.4) is 0 Å². The highest BCUT2D eigenvalue weighted by Gasteiger charge is 2.18. The van der Waals surface area contributed by atoms with Crippen molar-refractivity contribution in [2.24, 2.45) is 0 Å². The molecule has 0 atom stereocenters. The van der Waals surface area contributed by atoms with Crippen molar-refractivity contribution in [3.05, 3.63) is 59.7 Å². The van der Waals surface area contributed by atoms with Gasteiger partial charge in [-0.1, -0.05) is 12.1 Å². The van der Waals surface area contributed by atoms with Crippen LogP contribution in [0.2, 0.25) is 0 Å². The molecule has 0 heterocycles. The lowest BCUT2D eigenvalue weighted by Crippen LogP contribution is -2.14. The molecule has 0 unspecified atom stereocenters. The van der Waals surface area contributed by atoms with Gasteiger partial charge in [0.15, 0.2) is 0 Å². The summed E-state index contributed by atoms with van der Waals surface area (Å²) >= 11 is 0. The van der Waals surface area contributed by atoms with Crippen molar-refractivity contribution in [3.8, 4) is 11.5 Å². The largest absolute Gasteiger partial charge is 0.497 e. The first-order valence-corrected chi connectivity index (χ1v) is 6.03. The molecule has 0 amide bonds. The number of methoxy groups -OCH3 is 2. The van der Waals surface area contributed by atoms with Crippen molar-refractivity contribution in [2.45, 2.75) is 0 Å². The van der Waals surface area contributed by atoms with Crippen LogP contribution in [0.25, 0.3) is 0 Å². The van der Waals surface area contributed by atoms with Gasteiger partial charge >= 0.3 is 0 Å². The van der Waals surface area contributed by atoms with Crippen molar-refractivity contribution in [2.75, 3.05) is 14.2 Å². The number of benzene rings is 2. The zero-order valence-electron chi connectivity index (χ0n) is 11.3. The molecular formula is C16H14O4. The Labute approximate surface area is 116 Å². The Morgan fingerprint density at radius 2 is 1.35 bits per heavy atom. The van der Waals surface area contributed by atoms with Crippen LogP contribution < -0.4 is 9.47 Å². The molecule has 2 aromatic carbocycles. The minimum atomic E-state index is -0.561. The second-order valence-electron chi connectivity index (χ2n) is 4.12. The second kappa shape index (κ2) is 6.02. The molecule has 0 aromatic heterocycles. The van der Waals surface area contributed by atoms with Gasteiger partial charge in [-0.3, -0.25) is 9.59 Å². The van der Waals surface area contributed by atoms with Crippen molar-refractivity contribution < 1.29 is 19.1 Å². The van der Waals surface area contributed by atoms with E-state index in [1.807, 2.05) is 0 Å². The van der Waals surface area contributed by atoms with Crippen molar-refractivity contribution in [3.63, 3.8) is 0 Å². The summed E-state index contributed by atoms with van der Waals surface area (Å²) in [6, 6.07) is 13.0. The second-order valence-corrected chi connectivity index (χ2v) is 4.12. The summed E-state index contributed by atoms with van der Waals surface area (Å²) in [5, 5.41) is 0. The van der Waals surface area contributed by atoms with E-state index in [1.165, 1.54) is 14.2 Å². The highest BCUT2D eigenvalue weighted by Crippen LogP contribution is 2.16. The molecule has 0 fully saturated rings. The number of carbonyl (C=O) groups is 2. The van der Waals surface area contributed by atoms with E-state index < -0.39 is 11.6 Å². The van der Waals surface area contributed by atoms with Gasteiger partial charge in [-0.2, -0.15) is 0 Å². The van der Waals surface area contributed by atoms with E-state index in [0.717, 1.165) is 0 Å². The lowest BCUT2D eigenvalue weighted by Gasteiger charge is -2.04.